The number of para-hydroxylation sites is 1. The van der Waals surface area contributed by atoms with Gasteiger partial charge in [-0.15, -0.1) is 0 Å². The van der Waals surface area contributed by atoms with Gasteiger partial charge in [0.1, 0.15) is 11.5 Å². The molecule has 4 N–H and O–H groups in total. The maximum absolute atomic E-state index is 12.1. The summed E-state index contributed by atoms with van der Waals surface area (Å²) in [7, 11) is 0. The van der Waals surface area contributed by atoms with Crippen molar-refractivity contribution >= 4 is 17.4 Å². The minimum absolute atomic E-state index is 0.115. The van der Waals surface area contributed by atoms with E-state index in [1.165, 1.54) is 18.2 Å². The van der Waals surface area contributed by atoms with Crippen LogP contribution in [0.15, 0.2) is 42.5 Å². The summed E-state index contributed by atoms with van der Waals surface area (Å²) in [6.07, 6.45) is 0.973. The lowest BCUT2D eigenvalue weighted by Crippen LogP contribution is -2.20. The van der Waals surface area contributed by atoms with Gasteiger partial charge in [-0.25, -0.2) is 4.79 Å². The zero-order chi connectivity index (χ0) is 16.1. The van der Waals surface area contributed by atoms with Gasteiger partial charge in [-0.1, -0.05) is 32.0 Å². The van der Waals surface area contributed by atoms with Crippen LogP contribution in [-0.2, 0) is 0 Å². The minimum Gasteiger partial charge on any atom is -0.508 e. The van der Waals surface area contributed by atoms with Crippen LogP contribution in [0.5, 0.6) is 11.5 Å². The van der Waals surface area contributed by atoms with Crippen molar-refractivity contribution in [1.29, 1.82) is 0 Å². The highest BCUT2D eigenvalue weighted by atomic mass is 16.3. The van der Waals surface area contributed by atoms with E-state index in [9.17, 15) is 15.0 Å². The van der Waals surface area contributed by atoms with Gasteiger partial charge in [0.2, 0.25) is 0 Å². The summed E-state index contributed by atoms with van der Waals surface area (Å²) in [6, 6.07) is 11.1. The molecule has 1 atom stereocenters. The average Bonchev–Trinajstić information content (AvgIpc) is 2.45. The summed E-state index contributed by atoms with van der Waals surface area (Å²) in [4.78, 5) is 12.1. The van der Waals surface area contributed by atoms with Crippen LogP contribution in [0, 0.1) is 0 Å². The summed E-state index contributed by atoms with van der Waals surface area (Å²) in [5.41, 5.74) is 2.13. The molecule has 0 fully saturated rings. The lowest BCUT2D eigenvalue weighted by molar-refractivity contribution is 0.262. The molecule has 0 saturated heterocycles. The van der Waals surface area contributed by atoms with E-state index in [0.29, 0.717) is 11.6 Å². The van der Waals surface area contributed by atoms with Gasteiger partial charge in [-0.3, -0.25) is 0 Å². The molecule has 2 amide bonds. The number of carbonyl (C=O) groups is 1. The molecule has 0 spiro atoms. The number of amides is 2. The zero-order valence-electron chi connectivity index (χ0n) is 12.6. The standard InChI is InChI=1S/C17H20N2O3/c1-3-11(2)15-6-4-5-7-16(15)19-17(22)18-12-8-13(20)10-14(21)9-12/h4-11,20-21H,3H2,1-2H3,(H2,18,19,22). The number of phenols is 2. The van der Waals surface area contributed by atoms with E-state index < -0.39 is 6.03 Å². The molecular formula is C17H20N2O3. The third-order valence-electron chi connectivity index (χ3n) is 3.51. The molecule has 0 aromatic heterocycles. The SMILES string of the molecule is CCC(C)c1ccccc1NC(=O)Nc1cc(O)cc(O)c1. The van der Waals surface area contributed by atoms with Crippen LogP contribution >= 0.6 is 0 Å². The average molecular weight is 300 g/mol. The smallest absolute Gasteiger partial charge is 0.323 e. The maximum atomic E-state index is 12.1. The number of rotatable bonds is 4. The molecule has 0 radical (unpaired) electrons. The second kappa shape index (κ2) is 6.85. The Morgan fingerprint density at radius 3 is 2.36 bits per heavy atom. The molecule has 1 unspecified atom stereocenters. The summed E-state index contributed by atoms with van der Waals surface area (Å²) in [6.45, 7) is 4.20. The number of phenolic OH excluding ortho intramolecular Hbond substituents is 2. The Balaban J connectivity index is 2.12. The first-order valence-corrected chi connectivity index (χ1v) is 7.19. The molecule has 0 aliphatic carbocycles. The molecule has 0 saturated carbocycles. The van der Waals surface area contributed by atoms with Crippen molar-refractivity contribution in [1.82, 2.24) is 0 Å². The maximum Gasteiger partial charge on any atom is 0.323 e. The predicted octanol–water partition coefficient (Wildman–Crippen LogP) is 4.26. The van der Waals surface area contributed by atoms with Gasteiger partial charge in [-0.05, 0) is 24.0 Å². The molecule has 116 valence electrons. The van der Waals surface area contributed by atoms with E-state index in [2.05, 4.69) is 24.5 Å². The highest BCUT2D eigenvalue weighted by Gasteiger charge is 2.11. The fraction of sp³-hybridized carbons (Fsp3) is 0.235. The van der Waals surface area contributed by atoms with Crippen molar-refractivity contribution < 1.29 is 15.0 Å². The highest BCUT2D eigenvalue weighted by molar-refractivity contribution is 6.00. The normalized spacial score (nSPS) is 11.7. The Morgan fingerprint density at radius 2 is 1.73 bits per heavy atom. The van der Waals surface area contributed by atoms with Crippen molar-refractivity contribution in [2.45, 2.75) is 26.2 Å². The van der Waals surface area contributed by atoms with E-state index >= 15 is 0 Å². The fourth-order valence-electron chi connectivity index (χ4n) is 2.21. The largest absolute Gasteiger partial charge is 0.508 e. The topological polar surface area (TPSA) is 81.6 Å². The fourth-order valence-corrected chi connectivity index (χ4v) is 2.21. The van der Waals surface area contributed by atoms with Crippen LogP contribution in [-0.4, -0.2) is 16.2 Å². The second-order valence-electron chi connectivity index (χ2n) is 5.21. The third-order valence-corrected chi connectivity index (χ3v) is 3.51. The molecule has 2 aromatic carbocycles. The monoisotopic (exact) mass is 300 g/mol. The highest BCUT2D eigenvalue weighted by Crippen LogP contribution is 2.27. The van der Waals surface area contributed by atoms with Gasteiger partial charge >= 0.3 is 6.03 Å². The van der Waals surface area contributed by atoms with Crippen molar-refractivity contribution in [3.05, 3.63) is 48.0 Å². The van der Waals surface area contributed by atoms with Crippen molar-refractivity contribution in [2.75, 3.05) is 10.6 Å². The van der Waals surface area contributed by atoms with Gasteiger partial charge in [-0.2, -0.15) is 0 Å². The molecule has 0 bridgehead atoms. The van der Waals surface area contributed by atoms with E-state index in [-0.39, 0.29) is 11.5 Å². The molecule has 0 aliphatic rings. The number of carbonyl (C=O) groups excluding carboxylic acids is 1. The molecule has 2 aromatic rings. The summed E-state index contributed by atoms with van der Waals surface area (Å²) in [5.74, 6) is 0.104. The van der Waals surface area contributed by atoms with Gasteiger partial charge in [0.15, 0.2) is 0 Å². The number of benzene rings is 2. The molecule has 5 heteroatoms. The van der Waals surface area contributed by atoms with Crippen molar-refractivity contribution in [2.24, 2.45) is 0 Å². The Kier molecular flexibility index (Phi) is 4.88. The molecule has 2 rings (SSSR count). The van der Waals surface area contributed by atoms with Crippen LogP contribution in [0.4, 0.5) is 16.2 Å². The zero-order valence-corrected chi connectivity index (χ0v) is 12.6. The second-order valence-corrected chi connectivity index (χ2v) is 5.21. The van der Waals surface area contributed by atoms with Gasteiger partial charge in [0.25, 0.3) is 0 Å². The van der Waals surface area contributed by atoms with Gasteiger partial charge < -0.3 is 20.8 Å². The van der Waals surface area contributed by atoms with E-state index in [1.807, 2.05) is 24.3 Å². The first kappa shape index (κ1) is 15.7. The van der Waals surface area contributed by atoms with Crippen molar-refractivity contribution in [3.8, 4) is 11.5 Å². The number of hydrogen-bond acceptors (Lipinski definition) is 3. The molecule has 5 nitrogen and oxygen atoms in total. The number of aromatic hydroxyl groups is 2. The van der Waals surface area contributed by atoms with Crippen LogP contribution < -0.4 is 10.6 Å². The van der Waals surface area contributed by atoms with Gasteiger partial charge in [0, 0.05) is 29.6 Å². The lowest BCUT2D eigenvalue weighted by atomic mass is 9.97. The summed E-state index contributed by atoms with van der Waals surface area (Å²) < 4.78 is 0. The number of hydrogen-bond donors (Lipinski definition) is 4. The summed E-state index contributed by atoms with van der Waals surface area (Å²) >= 11 is 0. The van der Waals surface area contributed by atoms with Crippen LogP contribution in [0.2, 0.25) is 0 Å². The van der Waals surface area contributed by atoms with Gasteiger partial charge in [0.05, 0.1) is 0 Å². The number of nitrogens with one attached hydrogen (secondary N) is 2. The first-order chi connectivity index (χ1) is 10.5. The van der Waals surface area contributed by atoms with E-state index in [0.717, 1.165) is 17.7 Å². The Morgan fingerprint density at radius 1 is 1.09 bits per heavy atom. The van der Waals surface area contributed by atoms with Crippen LogP contribution in [0.25, 0.3) is 0 Å². The van der Waals surface area contributed by atoms with Crippen molar-refractivity contribution in [3.63, 3.8) is 0 Å². The third kappa shape index (κ3) is 3.91. The number of urea groups is 1. The summed E-state index contributed by atoms with van der Waals surface area (Å²) in [5, 5.41) is 24.2. The lowest BCUT2D eigenvalue weighted by Gasteiger charge is -2.16. The molecule has 0 heterocycles. The van der Waals surface area contributed by atoms with Crippen LogP contribution in [0.3, 0.4) is 0 Å². The Hall–Kier alpha value is -2.69. The molecule has 0 aliphatic heterocycles. The predicted molar refractivity (Wildman–Crippen MR) is 87.6 cm³/mol. The Labute approximate surface area is 129 Å². The molecule has 22 heavy (non-hydrogen) atoms. The first-order valence-electron chi connectivity index (χ1n) is 7.19. The van der Waals surface area contributed by atoms with E-state index in [1.54, 1.807) is 0 Å². The number of anilines is 2. The quantitative estimate of drug-likeness (QED) is 0.681. The molecular weight excluding hydrogens is 280 g/mol. The van der Waals surface area contributed by atoms with Crippen LogP contribution in [0.1, 0.15) is 31.7 Å². The minimum atomic E-state index is -0.430. The Bertz CT molecular complexity index is 650. The van der Waals surface area contributed by atoms with E-state index in [4.69, 9.17) is 0 Å².